The quantitative estimate of drug-likeness (QED) is 0.216. The molecular weight excluding hydrogens is 595 g/mol. The largest absolute Gasteiger partial charge is 0.466 e. The number of ether oxygens (including phenoxy) is 2. The summed E-state index contributed by atoms with van der Waals surface area (Å²) in [6, 6.07) is 26.2. The van der Waals surface area contributed by atoms with E-state index in [-0.39, 0.29) is 22.1 Å². The van der Waals surface area contributed by atoms with E-state index in [4.69, 9.17) is 32.7 Å². The number of hydrogen-bond acceptors (Lipinski definition) is 6. The summed E-state index contributed by atoms with van der Waals surface area (Å²) in [4.78, 5) is 29.2. The lowest BCUT2D eigenvalue weighted by Gasteiger charge is -2.35. The van der Waals surface area contributed by atoms with E-state index in [0.29, 0.717) is 28.5 Å². The monoisotopic (exact) mass is 634 g/mol. The summed E-state index contributed by atoms with van der Waals surface area (Å²) in [5.41, 5.74) is 3.89. The maximum Gasteiger partial charge on any atom is 0.337 e. The number of methoxy groups -OCH3 is 1. The minimum atomic E-state index is -0.849. The number of likely N-dealkylation sites (N-methyl/N-ethyl adjacent to an activating group) is 1. The Morgan fingerprint density at radius 2 is 1.41 bits per heavy atom. The molecule has 0 bridgehead atoms. The first kappa shape index (κ1) is 33.3. The highest BCUT2D eigenvalue weighted by Gasteiger charge is 2.40. The molecule has 44 heavy (non-hydrogen) atoms. The standard InChI is InChI=1S/C36H40Cl2N2O4/c1-23-30(34(41)43-6)32(28-18-13-19-29(37)33(28)38)31(24(2)39-23)35(42)44-36(3,4)22-40(5)21-20-27(25-14-9-7-10-15-25)26-16-11-8-12-17-26/h7-19,27,32,39H,20-22H2,1-6H3. The van der Waals surface area contributed by atoms with Crippen molar-refractivity contribution >= 4 is 35.1 Å². The number of rotatable bonds is 11. The van der Waals surface area contributed by atoms with Gasteiger partial charge in [-0.2, -0.15) is 0 Å². The molecule has 4 rings (SSSR count). The zero-order valence-electron chi connectivity index (χ0n) is 26.1. The molecule has 8 heteroatoms. The lowest BCUT2D eigenvalue weighted by Crippen LogP contribution is -2.42. The van der Waals surface area contributed by atoms with Crippen molar-refractivity contribution in [3.05, 3.63) is 128 Å². The van der Waals surface area contributed by atoms with Crippen LogP contribution in [0.2, 0.25) is 10.0 Å². The molecule has 0 amide bonds. The second-order valence-electron chi connectivity index (χ2n) is 11.8. The summed E-state index contributed by atoms with van der Waals surface area (Å²) in [6.07, 6.45) is 0.893. The van der Waals surface area contributed by atoms with Crippen molar-refractivity contribution < 1.29 is 19.1 Å². The molecule has 0 saturated carbocycles. The van der Waals surface area contributed by atoms with E-state index in [2.05, 4.69) is 58.7 Å². The Kier molecular flexibility index (Phi) is 11.0. The van der Waals surface area contributed by atoms with Gasteiger partial charge in [0.1, 0.15) is 5.60 Å². The Hall–Kier alpha value is -3.58. The van der Waals surface area contributed by atoms with Crippen molar-refractivity contribution in [1.29, 1.82) is 0 Å². The van der Waals surface area contributed by atoms with E-state index >= 15 is 0 Å². The molecule has 0 saturated heterocycles. The van der Waals surface area contributed by atoms with Crippen LogP contribution >= 0.6 is 23.2 Å². The van der Waals surface area contributed by atoms with Crippen LogP contribution < -0.4 is 5.32 Å². The first-order chi connectivity index (χ1) is 20.9. The Morgan fingerprint density at radius 1 is 0.864 bits per heavy atom. The maximum absolute atomic E-state index is 14.0. The molecule has 0 spiro atoms. The van der Waals surface area contributed by atoms with Crippen LogP contribution in [-0.2, 0) is 19.1 Å². The molecule has 1 aliphatic rings. The SMILES string of the molecule is COC(=O)C1=C(C)NC(C)=C(C(=O)OC(C)(C)CN(C)CCC(c2ccccc2)c2ccccc2)C1c1cccc(Cl)c1Cl. The van der Waals surface area contributed by atoms with Gasteiger partial charge in [0.15, 0.2) is 0 Å². The number of carbonyl (C=O) groups is 2. The average Bonchev–Trinajstić information content (AvgIpc) is 2.98. The van der Waals surface area contributed by atoms with Crippen LogP contribution in [0.5, 0.6) is 0 Å². The molecule has 6 nitrogen and oxygen atoms in total. The van der Waals surface area contributed by atoms with Gasteiger partial charge < -0.3 is 19.7 Å². The second-order valence-corrected chi connectivity index (χ2v) is 12.6. The summed E-state index contributed by atoms with van der Waals surface area (Å²) in [5, 5.41) is 3.75. The van der Waals surface area contributed by atoms with Gasteiger partial charge in [-0.05, 0) is 70.5 Å². The van der Waals surface area contributed by atoms with E-state index in [9.17, 15) is 9.59 Å². The number of benzene rings is 3. The fourth-order valence-electron chi connectivity index (χ4n) is 6.01. The molecule has 0 aromatic heterocycles. The van der Waals surface area contributed by atoms with Crippen LogP contribution in [0, 0.1) is 0 Å². The van der Waals surface area contributed by atoms with Crippen molar-refractivity contribution in [1.82, 2.24) is 10.2 Å². The topological polar surface area (TPSA) is 67.9 Å². The predicted octanol–water partition coefficient (Wildman–Crippen LogP) is 7.88. The number of allylic oxidation sites excluding steroid dienone is 2. The number of esters is 2. The van der Waals surface area contributed by atoms with E-state index in [0.717, 1.165) is 13.0 Å². The van der Waals surface area contributed by atoms with Crippen LogP contribution in [0.1, 0.15) is 62.6 Å². The van der Waals surface area contributed by atoms with Gasteiger partial charge in [0.2, 0.25) is 0 Å². The van der Waals surface area contributed by atoms with Crippen molar-refractivity contribution in [3.8, 4) is 0 Å². The van der Waals surface area contributed by atoms with Gasteiger partial charge in [0, 0.05) is 23.9 Å². The van der Waals surface area contributed by atoms with Crippen molar-refractivity contribution in [2.75, 3.05) is 27.2 Å². The molecule has 0 radical (unpaired) electrons. The highest BCUT2D eigenvalue weighted by Crippen LogP contribution is 2.44. The summed E-state index contributed by atoms with van der Waals surface area (Å²) in [6.45, 7) is 8.61. The third-order valence-corrected chi connectivity index (χ3v) is 8.73. The molecule has 1 N–H and O–H groups in total. The smallest absolute Gasteiger partial charge is 0.337 e. The molecule has 3 aromatic rings. The lowest BCUT2D eigenvalue weighted by molar-refractivity contribution is -0.153. The van der Waals surface area contributed by atoms with Crippen LogP contribution in [0.3, 0.4) is 0 Å². The van der Waals surface area contributed by atoms with E-state index in [1.54, 1.807) is 32.0 Å². The van der Waals surface area contributed by atoms with Crippen LogP contribution in [0.4, 0.5) is 0 Å². The number of nitrogens with zero attached hydrogens (tertiary/aromatic N) is 1. The summed E-state index contributed by atoms with van der Waals surface area (Å²) in [5.74, 6) is -1.70. The molecule has 3 aromatic carbocycles. The van der Waals surface area contributed by atoms with Crippen LogP contribution in [0.25, 0.3) is 0 Å². The van der Waals surface area contributed by atoms with E-state index in [1.165, 1.54) is 18.2 Å². The third kappa shape index (κ3) is 7.73. The number of halogens is 2. The Bertz CT molecular complexity index is 1510. The van der Waals surface area contributed by atoms with E-state index in [1.807, 2.05) is 33.0 Å². The van der Waals surface area contributed by atoms with Crippen molar-refractivity contribution in [3.63, 3.8) is 0 Å². The highest BCUT2D eigenvalue weighted by molar-refractivity contribution is 6.42. The van der Waals surface area contributed by atoms with Crippen LogP contribution in [0.15, 0.2) is 101 Å². The molecule has 1 unspecified atom stereocenters. The Balaban J connectivity index is 1.54. The van der Waals surface area contributed by atoms with Gasteiger partial charge >= 0.3 is 11.9 Å². The fourth-order valence-corrected chi connectivity index (χ4v) is 6.43. The molecule has 1 atom stereocenters. The predicted molar refractivity (Wildman–Crippen MR) is 177 cm³/mol. The summed E-state index contributed by atoms with van der Waals surface area (Å²) in [7, 11) is 3.34. The fraction of sp³-hybridized carbons (Fsp3) is 0.333. The highest BCUT2D eigenvalue weighted by atomic mass is 35.5. The third-order valence-electron chi connectivity index (χ3n) is 7.90. The zero-order chi connectivity index (χ0) is 32.0. The van der Waals surface area contributed by atoms with Gasteiger partial charge in [0.05, 0.1) is 34.2 Å². The van der Waals surface area contributed by atoms with E-state index < -0.39 is 23.5 Å². The van der Waals surface area contributed by atoms with Crippen molar-refractivity contribution in [2.45, 2.75) is 51.6 Å². The maximum atomic E-state index is 14.0. The molecule has 1 aliphatic heterocycles. The van der Waals surface area contributed by atoms with Gasteiger partial charge in [-0.3, -0.25) is 0 Å². The molecule has 0 aliphatic carbocycles. The number of carbonyl (C=O) groups excluding carboxylic acids is 2. The molecule has 1 heterocycles. The van der Waals surface area contributed by atoms with Gasteiger partial charge in [-0.1, -0.05) is 96.0 Å². The van der Waals surface area contributed by atoms with Crippen LogP contribution in [-0.4, -0.2) is 49.7 Å². The normalized spacial score (nSPS) is 15.5. The van der Waals surface area contributed by atoms with Gasteiger partial charge in [-0.25, -0.2) is 9.59 Å². The zero-order valence-corrected chi connectivity index (χ0v) is 27.6. The lowest BCUT2D eigenvalue weighted by atomic mass is 9.80. The Morgan fingerprint density at radius 3 is 1.95 bits per heavy atom. The molecule has 0 fully saturated rings. The average molecular weight is 636 g/mol. The summed E-state index contributed by atoms with van der Waals surface area (Å²) < 4.78 is 11.3. The number of dihydropyridines is 1. The Labute approximate surface area is 270 Å². The number of hydrogen-bond donors (Lipinski definition) is 1. The van der Waals surface area contributed by atoms with Gasteiger partial charge in [0.25, 0.3) is 0 Å². The summed E-state index contributed by atoms with van der Waals surface area (Å²) >= 11 is 13.0. The first-order valence-electron chi connectivity index (χ1n) is 14.7. The number of nitrogens with one attached hydrogen (secondary N) is 1. The first-order valence-corrected chi connectivity index (χ1v) is 15.4. The molecule has 232 valence electrons. The molecular formula is C36H40Cl2N2O4. The minimum absolute atomic E-state index is 0.238. The van der Waals surface area contributed by atoms with Gasteiger partial charge in [-0.15, -0.1) is 0 Å². The van der Waals surface area contributed by atoms with Crippen molar-refractivity contribution in [2.24, 2.45) is 0 Å². The minimum Gasteiger partial charge on any atom is -0.466 e. The second kappa shape index (κ2) is 14.5.